The first-order chi connectivity index (χ1) is 8.27. The SMILES string of the molecule is OC1C(Cl)=Cc2ccccc2-c2ccccc21. The molecule has 0 fully saturated rings. The van der Waals surface area contributed by atoms with Crippen LogP contribution in [0.3, 0.4) is 0 Å². The van der Waals surface area contributed by atoms with Gasteiger partial charge in [-0.15, -0.1) is 0 Å². The summed E-state index contributed by atoms with van der Waals surface area (Å²) in [5, 5.41) is 10.6. The molecule has 17 heavy (non-hydrogen) atoms. The molecule has 0 spiro atoms. The minimum Gasteiger partial charge on any atom is -0.383 e. The van der Waals surface area contributed by atoms with Crippen LogP contribution in [-0.2, 0) is 0 Å². The summed E-state index contributed by atoms with van der Waals surface area (Å²) in [6.07, 6.45) is 1.10. The van der Waals surface area contributed by atoms with Crippen LogP contribution in [0.1, 0.15) is 17.2 Å². The summed E-state index contributed by atoms with van der Waals surface area (Å²) < 4.78 is 0. The van der Waals surface area contributed by atoms with Crippen LogP contribution in [0.4, 0.5) is 0 Å². The third-order valence-electron chi connectivity index (χ3n) is 3.06. The van der Waals surface area contributed by atoms with Crippen molar-refractivity contribution in [3.05, 3.63) is 64.7 Å². The lowest BCUT2D eigenvalue weighted by Gasteiger charge is -2.12. The molecule has 0 amide bonds. The highest BCUT2D eigenvalue weighted by atomic mass is 35.5. The Hall–Kier alpha value is -1.57. The van der Waals surface area contributed by atoms with Crippen molar-refractivity contribution in [3.8, 4) is 11.1 Å². The Morgan fingerprint density at radius 2 is 1.53 bits per heavy atom. The topological polar surface area (TPSA) is 20.2 Å². The van der Waals surface area contributed by atoms with Gasteiger partial charge in [-0.05, 0) is 28.3 Å². The van der Waals surface area contributed by atoms with Crippen LogP contribution in [0.5, 0.6) is 0 Å². The highest BCUT2D eigenvalue weighted by Gasteiger charge is 2.20. The number of hydrogen-bond acceptors (Lipinski definition) is 1. The van der Waals surface area contributed by atoms with Crippen molar-refractivity contribution in [2.45, 2.75) is 6.10 Å². The van der Waals surface area contributed by atoms with Crippen LogP contribution < -0.4 is 0 Å². The number of fused-ring (bicyclic) bond motifs is 3. The summed E-state index contributed by atoms with van der Waals surface area (Å²) in [6, 6.07) is 15.8. The zero-order valence-electron chi connectivity index (χ0n) is 9.10. The molecule has 2 aromatic rings. The van der Waals surface area contributed by atoms with Crippen molar-refractivity contribution in [1.29, 1.82) is 0 Å². The monoisotopic (exact) mass is 242 g/mol. The smallest absolute Gasteiger partial charge is 0.115 e. The number of rotatable bonds is 0. The van der Waals surface area contributed by atoms with Gasteiger partial charge in [-0.3, -0.25) is 0 Å². The molecule has 1 N–H and O–H groups in total. The van der Waals surface area contributed by atoms with Gasteiger partial charge in [0, 0.05) is 0 Å². The molecule has 1 atom stereocenters. The molecule has 3 rings (SSSR count). The van der Waals surface area contributed by atoms with Gasteiger partial charge in [0.25, 0.3) is 0 Å². The van der Waals surface area contributed by atoms with E-state index >= 15 is 0 Å². The maximum atomic E-state index is 10.2. The summed E-state index contributed by atoms with van der Waals surface area (Å²) in [5.41, 5.74) is 4.06. The largest absolute Gasteiger partial charge is 0.383 e. The number of aliphatic hydroxyl groups excluding tert-OH is 1. The van der Waals surface area contributed by atoms with Gasteiger partial charge < -0.3 is 5.11 Å². The second-order valence-electron chi connectivity index (χ2n) is 4.11. The minimum absolute atomic E-state index is 0.461. The lowest BCUT2D eigenvalue weighted by molar-refractivity contribution is 0.225. The molecule has 0 bridgehead atoms. The maximum absolute atomic E-state index is 10.2. The molecule has 0 saturated carbocycles. The highest BCUT2D eigenvalue weighted by Crippen LogP contribution is 2.39. The van der Waals surface area contributed by atoms with Gasteiger partial charge in [0.05, 0.1) is 5.03 Å². The van der Waals surface area contributed by atoms with Crippen LogP contribution >= 0.6 is 11.6 Å². The molecule has 1 nitrogen and oxygen atoms in total. The van der Waals surface area contributed by atoms with E-state index in [1.807, 2.05) is 54.6 Å². The maximum Gasteiger partial charge on any atom is 0.115 e. The molecule has 1 unspecified atom stereocenters. The number of hydrogen-bond donors (Lipinski definition) is 1. The fraction of sp³-hybridized carbons (Fsp3) is 0.0667. The van der Waals surface area contributed by atoms with Crippen molar-refractivity contribution >= 4 is 17.7 Å². The Morgan fingerprint density at radius 1 is 0.882 bits per heavy atom. The predicted molar refractivity (Wildman–Crippen MR) is 70.7 cm³/mol. The Balaban J connectivity index is 2.37. The Morgan fingerprint density at radius 3 is 2.35 bits per heavy atom. The molecule has 2 heteroatoms. The number of aliphatic hydroxyl groups is 1. The van der Waals surface area contributed by atoms with Gasteiger partial charge in [-0.25, -0.2) is 0 Å². The number of halogens is 1. The first-order valence-corrected chi connectivity index (χ1v) is 5.88. The van der Waals surface area contributed by atoms with Crippen LogP contribution in [0.25, 0.3) is 17.2 Å². The minimum atomic E-state index is -0.736. The van der Waals surface area contributed by atoms with E-state index in [1.165, 1.54) is 0 Å². The molecule has 0 aliphatic heterocycles. The van der Waals surface area contributed by atoms with Crippen molar-refractivity contribution < 1.29 is 5.11 Å². The third-order valence-corrected chi connectivity index (χ3v) is 3.38. The number of benzene rings is 2. The van der Waals surface area contributed by atoms with Gasteiger partial charge in [0.15, 0.2) is 0 Å². The zero-order chi connectivity index (χ0) is 11.8. The fourth-order valence-corrected chi connectivity index (χ4v) is 2.46. The molecule has 84 valence electrons. The lowest BCUT2D eigenvalue weighted by Crippen LogP contribution is -1.97. The van der Waals surface area contributed by atoms with E-state index in [4.69, 9.17) is 11.6 Å². The fourth-order valence-electron chi connectivity index (χ4n) is 2.22. The standard InChI is InChI=1S/C15H11ClO/c16-14-9-10-5-1-2-6-11(10)12-7-3-4-8-13(12)15(14)17/h1-9,15,17H. The highest BCUT2D eigenvalue weighted by molar-refractivity contribution is 6.32. The molecular formula is C15H11ClO. The predicted octanol–water partition coefficient (Wildman–Crippen LogP) is 3.98. The van der Waals surface area contributed by atoms with E-state index in [-0.39, 0.29) is 0 Å². The van der Waals surface area contributed by atoms with E-state index < -0.39 is 6.10 Å². The van der Waals surface area contributed by atoms with Gasteiger partial charge in [0.2, 0.25) is 0 Å². The quantitative estimate of drug-likeness (QED) is 0.741. The average molecular weight is 243 g/mol. The second kappa shape index (κ2) is 4.02. The molecule has 0 saturated heterocycles. The van der Waals surface area contributed by atoms with Gasteiger partial charge in [0.1, 0.15) is 6.10 Å². The molecule has 2 aromatic carbocycles. The van der Waals surface area contributed by atoms with Crippen LogP contribution in [0.15, 0.2) is 53.6 Å². The van der Waals surface area contributed by atoms with Crippen molar-refractivity contribution in [2.75, 3.05) is 0 Å². The summed E-state index contributed by atoms with van der Waals surface area (Å²) in [4.78, 5) is 0. The second-order valence-corrected chi connectivity index (χ2v) is 4.54. The van der Waals surface area contributed by atoms with E-state index in [0.717, 1.165) is 22.3 Å². The summed E-state index contributed by atoms with van der Waals surface area (Å²) in [6.45, 7) is 0. The molecule has 1 aliphatic rings. The first-order valence-electron chi connectivity index (χ1n) is 5.51. The molecule has 0 heterocycles. The average Bonchev–Trinajstić information content (AvgIpc) is 2.48. The lowest BCUT2D eigenvalue weighted by atomic mass is 9.96. The van der Waals surface area contributed by atoms with Crippen LogP contribution in [0, 0.1) is 0 Å². The molecule has 1 aliphatic carbocycles. The van der Waals surface area contributed by atoms with E-state index in [0.29, 0.717) is 5.03 Å². The summed E-state index contributed by atoms with van der Waals surface area (Å²) in [7, 11) is 0. The van der Waals surface area contributed by atoms with Gasteiger partial charge >= 0.3 is 0 Å². The summed E-state index contributed by atoms with van der Waals surface area (Å²) in [5.74, 6) is 0. The first kappa shape index (κ1) is 10.6. The molecule has 0 radical (unpaired) electrons. The van der Waals surface area contributed by atoms with E-state index in [2.05, 4.69) is 0 Å². The van der Waals surface area contributed by atoms with Crippen LogP contribution in [0.2, 0.25) is 0 Å². The van der Waals surface area contributed by atoms with Crippen molar-refractivity contribution in [2.24, 2.45) is 0 Å². The normalized spacial score (nSPS) is 17.8. The Bertz CT molecular complexity index is 601. The summed E-state index contributed by atoms with van der Waals surface area (Å²) >= 11 is 6.14. The molecule has 0 aromatic heterocycles. The Kier molecular flexibility index (Phi) is 2.50. The van der Waals surface area contributed by atoms with Crippen molar-refractivity contribution in [1.82, 2.24) is 0 Å². The molecular weight excluding hydrogens is 232 g/mol. The van der Waals surface area contributed by atoms with Crippen LogP contribution in [-0.4, -0.2) is 5.11 Å². The Labute approximate surface area is 105 Å². The van der Waals surface area contributed by atoms with Gasteiger partial charge in [-0.2, -0.15) is 0 Å². The van der Waals surface area contributed by atoms with Crippen molar-refractivity contribution in [3.63, 3.8) is 0 Å². The van der Waals surface area contributed by atoms with E-state index in [9.17, 15) is 5.11 Å². The van der Waals surface area contributed by atoms with E-state index in [1.54, 1.807) is 0 Å². The third kappa shape index (κ3) is 1.68. The van der Waals surface area contributed by atoms with Gasteiger partial charge in [-0.1, -0.05) is 60.1 Å². The zero-order valence-corrected chi connectivity index (χ0v) is 9.85.